The number of benzene rings is 1. The summed E-state index contributed by atoms with van der Waals surface area (Å²) in [6.07, 6.45) is 1.83. The van der Waals surface area contributed by atoms with Crippen molar-refractivity contribution in [1.29, 1.82) is 0 Å². The van der Waals surface area contributed by atoms with Gasteiger partial charge in [0.25, 0.3) is 0 Å². The third kappa shape index (κ3) is 2.51. The first-order valence-corrected chi connectivity index (χ1v) is 9.50. The molecule has 0 spiro atoms. The van der Waals surface area contributed by atoms with Gasteiger partial charge in [-0.05, 0) is 39.2 Å². The Bertz CT molecular complexity index is 838. The van der Waals surface area contributed by atoms with Crippen LogP contribution in [0.3, 0.4) is 0 Å². The molecule has 0 saturated carbocycles. The van der Waals surface area contributed by atoms with Crippen LogP contribution in [-0.4, -0.2) is 24.2 Å². The van der Waals surface area contributed by atoms with Crippen molar-refractivity contribution in [2.45, 2.75) is 52.9 Å². The summed E-state index contributed by atoms with van der Waals surface area (Å²) in [4.78, 5) is 17.5. The van der Waals surface area contributed by atoms with Crippen molar-refractivity contribution in [2.24, 2.45) is 0 Å². The van der Waals surface area contributed by atoms with Gasteiger partial charge >= 0.3 is 5.97 Å². The minimum atomic E-state index is -0.360. The number of fused-ring (bicyclic) bond motifs is 3. The van der Waals surface area contributed by atoms with E-state index < -0.39 is 0 Å². The third-order valence-electron chi connectivity index (χ3n) is 5.48. The van der Waals surface area contributed by atoms with Gasteiger partial charge in [-0.1, -0.05) is 38.1 Å². The molecule has 1 aromatic carbocycles. The Morgan fingerprint density at radius 1 is 1.08 bits per heavy atom. The average molecular weight is 353 g/mol. The van der Waals surface area contributed by atoms with Crippen LogP contribution in [0.4, 0.5) is 0 Å². The van der Waals surface area contributed by atoms with E-state index >= 15 is 0 Å². The maximum atomic E-state index is 12.7. The summed E-state index contributed by atoms with van der Waals surface area (Å²) in [5.74, 6) is 0.286. The monoisotopic (exact) mass is 353 g/mol. The van der Waals surface area contributed by atoms with Crippen LogP contribution in [0.15, 0.2) is 24.3 Å². The van der Waals surface area contributed by atoms with Crippen molar-refractivity contribution in [2.75, 3.05) is 13.2 Å². The topological polar surface area (TPSA) is 48.4 Å². The molecule has 4 nitrogen and oxygen atoms in total. The van der Waals surface area contributed by atoms with E-state index in [4.69, 9.17) is 14.5 Å². The molecule has 0 aliphatic heterocycles. The maximum Gasteiger partial charge on any atom is 0.343 e. The Balaban J connectivity index is 2.40. The highest BCUT2D eigenvalue weighted by molar-refractivity contribution is 5.97. The molecule has 4 heteroatoms. The molecule has 3 rings (SSSR count). The van der Waals surface area contributed by atoms with Gasteiger partial charge in [0.1, 0.15) is 11.3 Å². The number of aromatic nitrogens is 1. The summed E-state index contributed by atoms with van der Waals surface area (Å²) in [6.45, 7) is 10.8. The van der Waals surface area contributed by atoms with Crippen LogP contribution in [-0.2, 0) is 10.2 Å². The molecule has 0 radical (unpaired) electrons. The van der Waals surface area contributed by atoms with Crippen LogP contribution in [0.2, 0.25) is 0 Å². The van der Waals surface area contributed by atoms with Crippen molar-refractivity contribution >= 4 is 5.97 Å². The van der Waals surface area contributed by atoms with E-state index in [9.17, 15) is 4.79 Å². The number of esters is 1. The van der Waals surface area contributed by atoms with E-state index in [2.05, 4.69) is 32.0 Å². The lowest BCUT2D eigenvalue weighted by atomic mass is 9.73. The van der Waals surface area contributed by atoms with Crippen LogP contribution in [0.25, 0.3) is 11.3 Å². The molecule has 0 atom stereocenters. The standard InChI is InChI=1S/C22H27NO3/c1-6-22(7-2)16-13-11-10-12-15(16)19-18(22)20(25-8-3)17(14(5)23-19)21(24)26-9-4/h10-13H,6-9H2,1-5H3. The molecular weight excluding hydrogens is 326 g/mol. The number of ether oxygens (including phenoxy) is 2. The van der Waals surface area contributed by atoms with Crippen molar-refractivity contribution in [3.63, 3.8) is 0 Å². The smallest absolute Gasteiger partial charge is 0.343 e. The maximum absolute atomic E-state index is 12.7. The Morgan fingerprint density at radius 3 is 2.38 bits per heavy atom. The SMILES string of the molecule is CCOC(=O)c1c(C)nc2c(c1OCC)C(CC)(CC)c1ccccc1-2. The van der Waals surface area contributed by atoms with Gasteiger partial charge in [-0.3, -0.25) is 4.98 Å². The summed E-state index contributed by atoms with van der Waals surface area (Å²) >= 11 is 0. The molecule has 1 aromatic heterocycles. The summed E-state index contributed by atoms with van der Waals surface area (Å²) in [5.41, 5.74) is 5.32. The Labute approximate surface area is 155 Å². The number of carbonyl (C=O) groups excluding carboxylic acids is 1. The minimum absolute atomic E-state index is 0.196. The van der Waals surface area contributed by atoms with E-state index in [0.717, 1.165) is 29.7 Å². The highest BCUT2D eigenvalue weighted by atomic mass is 16.5. The fourth-order valence-corrected chi connectivity index (χ4v) is 4.27. The lowest BCUT2D eigenvalue weighted by Gasteiger charge is -2.31. The van der Waals surface area contributed by atoms with Gasteiger partial charge in [0.15, 0.2) is 0 Å². The zero-order valence-corrected chi connectivity index (χ0v) is 16.3. The van der Waals surface area contributed by atoms with Gasteiger partial charge in [0.05, 0.1) is 24.6 Å². The van der Waals surface area contributed by atoms with E-state index in [-0.39, 0.29) is 11.4 Å². The highest BCUT2D eigenvalue weighted by Crippen LogP contribution is 2.56. The quantitative estimate of drug-likeness (QED) is 0.682. The van der Waals surface area contributed by atoms with Gasteiger partial charge < -0.3 is 9.47 Å². The van der Waals surface area contributed by atoms with Gasteiger partial charge in [-0.25, -0.2) is 4.79 Å². The van der Waals surface area contributed by atoms with Crippen molar-refractivity contribution in [3.8, 4) is 17.0 Å². The molecule has 0 N–H and O–H groups in total. The molecule has 1 aliphatic rings. The van der Waals surface area contributed by atoms with E-state index in [1.807, 2.05) is 26.8 Å². The zero-order valence-electron chi connectivity index (χ0n) is 16.3. The Hall–Kier alpha value is -2.36. The van der Waals surface area contributed by atoms with Crippen molar-refractivity contribution in [3.05, 3.63) is 46.6 Å². The molecule has 1 aliphatic carbocycles. The molecule has 0 fully saturated rings. The predicted octanol–water partition coefficient (Wildman–Crippen LogP) is 5.05. The molecule has 26 heavy (non-hydrogen) atoms. The first-order chi connectivity index (χ1) is 12.6. The summed E-state index contributed by atoms with van der Waals surface area (Å²) in [6, 6.07) is 8.41. The van der Waals surface area contributed by atoms with E-state index in [1.54, 1.807) is 0 Å². The van der Waals surface area contributed by atoms with Crippen LogP contribution in [0, 0.1) is 6.92 Å². The highest BCUT2D eigenvalue weighted by Gasteiger charge is 2.45. The summed E-state index contributed by atoms with van der Waals surface area (Å²) in [5, 5.41) is 0. The molecule has 0 bridgehead atoms. The second kappa shape index (κ2) is 7.10. The fourth-order valence-electron chi connectivity index (χ4n) is 4.27. The fraction of sp³-hybridized carbons (Fsp3) is 0.455. The minimum Gasteiger partial charge on any atom is -0.492 e. The molecule has 2 aromatic rings. The molecule has 0 amide bonds. The lowest BCUT2D eigenvalue weighted by Crippen LogP contribution is -2.25. The number of pyridine rings is 1. The summed E-state index contributed by atoms with van der Waals surface area (Å²) < 4.78 is 11.4. The van der Waals surface area contributed by atoms with Crippen molar-refractivity contribution in [1.82, 2.24) is 4.98 Å². The molecule has 0 saturated heterocycles. The Kier molecular flexibility index (Phi) is 5.03. The van der Waals surface area contributed by atoms with Crippen LogP contribution < -0.4 is 4.74 Å². The van der Waals surface area contributed by atoms with Gasteiger partial charge in [-0.2, -0.15) is 0 Å². The molecular formula is C22H27NO3. The molecule has 1 heterocycles. The van der Waals surface area contributed by atoms with Crippen LogP contribution in [0.5, 0.6) is 5.75 Å². The zero-order chi connectivity index (χ0) is 18.9. The first kappa shape index (κ1) is 18.4. The second-order valence-electron chi connectivity index (χ2n) is 6.61. The average Bonchev–Trinajstić information content (AvgIpc) is 2.92. The third-order valence-corrected chi connectivity index (χ3v) is 5.48. The van der Waals surface area contributed by atoms with Crippen molar-refractivity contribution < 1.29 is 14.3 Å². The van der Waals surface area contributed by atoms with Gasteiger partial charge in [0, 0.05) is 16.5 Å². The number of carbonyl (C=O) groups is 1. The predicted molar refractivity (Wildman–Crippen MR) is 103 cm³/mol. The van der Waals surface area contributed by atoms with Gasteiger partial charge in [-0.15, -0.1) is 0 Å². The Morgan fingerprint density at radius 2 is 1.77 bits per heavy atom. The molecule has 138 valence electrons. The number of rotatable bonds is 6. The largest absolute Gasteiger partial charge is 0.492 e. The van der Waals surface area contributed by atoms with E-state index in [1.165, 1.54) is 5.56 Å². The molecule has 0 unspecified atom stereocenters. The normalized spacial score (nSPS) is 13.9. The number of aryl methyl sites for hydroxylation is 1. The number of nitrogens with zero attached hydrogens (tertiary/aromatic N) is 1. The number of hydrogen-bond donors (Lipinski definition) is 0. The lowest BCUT2D eigenvalue weighted by molar-refractivity contribution is 0.0520. The van der Waals surface area contributed by atoms with Gasteiger partial charge in [0.2, 0.25) is 0 Å². The van der Waals surface area contributed by atoms with Crippen LogP contribution in [0.1, 0.15) is 67.7 Å². The van der Waals surface area contributed by atoms with Crippen LogP contribution >= 0.6 is 0 Å². The second-order valence-corrected chi connectivity index (χ2v) is 6.61. The number of hydrogen-bond acceptors (Lipinski definition) is 4. The van der Waals surface area contributed by atoms with E-state index in [0.29, 0.717) is 30.2 Å². The first-order valence-electron chi connectivity index (χ1n) is 9.50. The summed E-state index contributed by atoms with van der Waals surface area (Å²) in [7, 11) is 0.